The van der Waals surface area contributed by atoms with Crippen LogP contribution in [0.2, 0.25) is 0 Å². The second kappa shape index (κ2) is 5.39. The van der Waals surface area contributed by atoms with Crippen molar-refractivity contribution in [2.75, 3.05) is 0 Å². The van der Waals surface area contributed by atoms with E-state index in [2.05, 4.69) is 0 Å². The topological polar surface area (TPSA) is 38.7 Å². The number of halogens is 11. The van der Waals surface area contributed by atoms with E-state index >= 15 is 0 Å². The zero-order valence-corrected chi connectivity index (χ0v) is 12.5. The summed E-state index contributed by atoms with van der Waals surface area (Å²) < 4.78 is 140. The molecule has 1 rings (SSSR count). The maximum absolute atomic E-state index is 13.2. The zero-order valence-electron chi connectivity index (χ0n) is 9.42. The molecule has 2 unspecified atom stereocenters. The SMILES string of the molecule is OC1(C(F)(F)F)OC(F)(F)C(F)(F)OC1(F)C(F)(F)F.[K]. The van der Waals surface area contributed by atoms with Crippen molar-refractivity contribution in [3.05, 3.63) is 0 Å². The van der Waals surface area contributed by atoms with Crippen molar-refractivity contribution in [2.24, 2.45) is 0 Å². The van der Waals surface area contributed by atoms with Gasteiger partial charge in [-0.25, -0.2) is 0 Å². The van der Waals surface area contributed by atoms with Gasteiger partial charge in [0.2, 0.25) is 0 Å². The van der Waals surface area contributed by atoms with Crippen molar-refractivity contribution in [1.82, 2.24) is 0 Å². The average Bonchev–Trinajstić information content (AvgIpc) is 2.09. The minimum absolute atomic E-state index is 0. The van der Waals surface area contributed by atoms with Crippen molar-refractivity contribution < 1.29 is 62.9 Å². The van der Waals surface area contributed by atoms with Gasteiger partial charge in [-0.1, -0.05) is 0 Å². The first kappa shape index (κ1) is 21.7. The molecule has 0 amide bonds. The molecule has 0 aliphatic carbocycles. The van der Waals surface area contributed by atoms with Crippen molar-refractivity contribution in [2.45, 2.75) is 36.2 Å². The third-order valence-corrected chi connectivity index (χ3v) is 2.07. The molecule has 0 aromatic rings. The Labute approximate surface area is 149 Å². The summed E-state index contributed by atoms with van der Waals surface area (Å²) in [7, 11) is 0. The first-order valence-electron chi connectivity index (χ1n) is 4.12. The number of hydrogen-bond acceptors (Lipinski definition) is 3. The molecule has 0 spiro atoms. The molecule has 0 saturated carbocycles. The van der Waals surface area contributed by atoms with Crippen molar-refractivity contribution >= 4 is 51.4 Å². The second-order valence-electron chi connectivity index (χ2n) is 3.47. The Morgan fingerprint density at radius 3 is 1.29 bits per heavy atom. The molecule has 1 N–H and O–H groups in total. The third kappa shape index (κ3) is 3.07. The molecule has 15 heteroatoms. The van der Waals surface area contributed by atoms with Crippen LogP contribution in [0.5, 0.6) is 0 Å². The first-order valence-corrected chi connectivity index (χ1v) is 4.12. The molecule has 121 valence electrons. The van der Waals surface area contributed by atoms with E-state index in [9.17, 15) is 48.3 Å². The van der Waals surface area contributed by atoms with Gasteiger partial charge in [-0.2, -0.15) is 48.3 Å². The summed E-state index contributed by atoms with van der Waals surface area (Å²) in [5, 5.41) is 8.45. The molecular formula is C6HF11KO3. The monoisotopic (exact) mass is 369 g/mol. The van der Waals surface area contributed by atoms with E-state index in [0.29, 0.717) is 0 Å². The molecule has 2 atom stereocenters. The van der Waals surface area contributed by atoms with Crippen LogP contribution in [0.4, 0.5) is 48.3 Å². The smallest absolute Gasteiger partial charge is 0.354 e. The van der Waals surface area contributed by atoms with Gasteiger partial charge in [-0.15, -0.1) is 0 Å². The summed E-state index contributed by atoms with van der Waals surface area (Å²) in [4.78, 5) is 0. The summed E-state index contributed by atoms with van der Waals surface area (Å²) in [5.74, 6) is -13.1. The summed E-state index contributed by atoms with van der Waals surface area (Å²) in [5.41, 5.74) is 0. The molecule has 21 heavy (non-hydrogen) atoms. The normalized spacial score (nSPS) is 36.0. The largest absolute Gasteiger partial charge is 0.454 e. The number of rotatable bonds is 0. The molecule has 0 aromatic carbocycles. The van der Waals surface area contributed by atoms with Crippen LogP contribution < -0.4 is 0 Å². The minimum atomic E-state index is -6.98. The molecular weight excluding hydrogens is 368 g/mol. The summed E-state index contributed by atoms with van der Waals surface area (Å²) >= 11 is 0. The minimum Gasteiger partial charge on any atom is -0.354 e. The molecule has 1 saturated heterocycles. The van der Waals surface area contributed by atoms with Crippen LogP contribution in [0.3, 0.4) is 0 Å². The quantitative estimate of drug-likeness (QED) is 0.526. The van der Waals surface area contributed by atoms with Gasteiger partial charge < -0.3 is 5.11 Å². The summed E-state index contributed by atoms with van der Waals surface area (Å²) in [6, 6.07) is 0. The molecule has 1 aliphatic rings. The van der Waals surface area contributed by atoms with Crippen LogP contribution >= 0.6 is 0 Å². The third-order valence-electron chi connectivity index (χ3n) is 2.07. The van der Waals surface area contributed by atoms with Gasteiger partial charge in [0.25, 0.3) is 0 Å². The number of alkyl halides is 11. The molecule has 1 aliphatic heterocycles. The maximum Gasteiger partial charge on any atom is 0.454 e. The van der Waals surface area contributed by atoms with Crippen molar-refractivity contribution in [3.8, 4) is 0 Å². The van der Waals surface area contributed by atoms with Gasteiger partial charge in [0.05, 0.1) is 0 Å². The number of aliphatic hydroxyl groups is 1. The average molecular weight is 369 g/mol. The molecule has 1 heterocycles. The van der Waals surface area contributed by atoms with E-state index in [1.807, 2.05) is 9.47 Å². The number of ether oxygens (including phenoxy) is 2. The second-order valence-corrected chi connectivity index (χ2v) is 3.47. The van der Waals surface area contributed by atoms with Crippen LogP contribution in [0, 0.1) is 0 Å². The fourth-order valence-corrected chi connectivity index (χ4v) is 1.11. The van der Waals surface area contributed by atoms with E-state index in [-0.39, 0.29) is 51.4 Å². The fraction of sp³-hybridized carbons (Fsp3) is 1.00. The summed E-state index contributed by atoms with van der Waals surface area (Å²) in [6.07, 6.45) is -26.7. The van der Waals surface area contributed by atoms with Gasteiger partial charge in [-0.3, -0.25) is 9.47 Å². The first-order chi connectivity index (χ1) is 8.41. The van der Waals surface area contributed by atoms with Gasteiger partial charge in [-0.05, 0) is 0 Å². The van der Waals surface area contributed by atoms with E-state index in [1.165, 1.54) is 0 Å². The van der Waals surface area contributed by atoms with Crippen molar-refractivity contribution in [1.29, 1.82) is 0 Å². The molecule has 0 bridgehead atoms. The van der Waals surface area contributed by atoms with Gasteiger partial charge >= 0.3 is 36.2 Å². The molecule has 1 fully saturated rings. The molecule has 3 nitrogen and oxygen atoms in total. The van der Waals surface area contributed by atoms with Crippen LogP contribution in [0.25, 0.3) is 0 Å². The van der Waals surface area contributed by atoms with Gasteiger partial charge in [0.15, 0.2) is 0 Å². The Morgan fingerprint density at radius 1 is 0.667 bits per heavy atom. The fourth-order valence-electron chi connectivity index (χ4n) is 1.11. The van der Waals surface area contributed by atoms with E-state index in [4.69, 9.17) is 5.11 Å². The summed E-state index contributed by atoms with van der Waals surface area (Å²) in [6.45, 7) is 0. The molecule has 1 radical (unpaired) electrons. The Balaban J connectivity index is 0.00000400. The van der Waals surface area contributed by atoms with Crippen molar-refractivity contribution in [3.63, 3.8) is 0 Å². The maximum atomic E-state index is 13.2. The van der Waals surface area contributed by atoms with E-state index in [0.717, 1.165) is 0 Å². The van der Waals surface area contributed by atoms with Crippen LogP contribution in [0.15, 0.2) is 0 Å². The molecule has 0 aromatic heterocycles. The van der Waals surface area contributed by atoms with Gasteiger partial charge in [0, 0.05) is 51.4 Å². The number of hydrogen-bond donors (Lipinski definition) is 1. The zero-order chi connectivity index (χ0) is 16.4. The standard InChI is InChI=1S/C6HF11O3.K/c7-1(3(8,9)10)2(18,4(11,12)13)20-6(16,17)5(14,15)19-1;/h18H;. The van der Waals surface area contributed by atoms with E-state index in [1.54, 1.807) is 0 Å². The Kier molecular flexibility index (Phi) is 5.58. The van der Waals surface area contributed by atoms with Crippen LogP contribution in [-0.2, 0) is 9.47 Å². The Hall–Kier alpha value is 0.746. The van der Waals surface area contributed by atoms with Gasteiger partial charge in [0.1, 0.15) is 0 Å². The Morgan fingerprint density at radius 2 is 1.00 bits per heavy atom. The van der Waals surface area contributed by atoms with Crippen LogP contribution in [0.1, 0.15) is 0 Å². The predicted molar refractivity (Wildman–Crippen MR) is 38.7 cm³/mol. The predicted octanol–water partition coefficient (Wildman–Crippen LogP) is 2.32. The van der Waals surface area contributed by atoms with E-state index < -0.39 is 36.2 Å². The van der Waals surface area contributed by atoms with Crippen LogP contribution in [-0.4, -0.2) is 92.7 Å². The Bertz CT molecular complexity index is 368.